The molecule has 0 saturated heterocycles. The zero-order valence-electron chi connectivity index (χ0n) is 9.47. The van der Waals surface area contributed by atoms with E-state index in [4.69, 9.17) is 5.26 Å². The van der Waals surface area contributed by atoms with Crippen LogP contribution in [0.1, 0.15) is 22.6 Å². The van der Waals surface area contributed by atoms with Crippen molar-refractivity contribution in [1.29, 1.82) is 10.5 Å². The number of hydrogen-bond donors (Lipinski definition) is 0. The van der Waals surface area contributed by atoms with Crippen LogP contribution < -0.4 is 0 Å². The first kappa shape index (κ1) is 11.8. The minimum Gasteiger partial charge on any atom is -0.206 e. The van der Waals surface area contributed by atoms with Gasteiger partial charge in [0.25, 0.3) is 0 Å². The maximum Gasteiger partial charge on any atom is 0.141 e. The van der Waals surface area contributed by atoms with Crippen molar-refractivity contribution < 1.29 is 4.39 Å². The molecule has 0 saturated carbocycles. The first-order valence-corrected chi connectivity index (χ1v) is 5.41. The molecule has 2 rings (SSSR count). The number of rotatable bonds is 2. The number of benzene rings is 2. The number of halogens is 1. The highest BCUT2D eigenvalue weighted by molar-refractivity contribution is 5.48. The van der Waals surface area contributed by atoms with E-state index in [1.165, 1.54) is 12.1 Å². The molecule has 0 N–H and O–H groups in total. The summed E-state index contributed by atoms with van der Waals surface area (Å²) in [5, 5.41) is 18.3. The van der Waals surface area contributed by atoms with Crippen LogP contribution in [-0.4, -0.2) is 0 Å². The Balaban J connectivity index is 2.58. The van der Waals surface area contributed by atoms with Crippen molar-refractivity contribution in [2.45, 2.75) is 5.92 Å². The van der Waals surface area contributed by atoms with Gasteiger partial charge in [0.15, 0.2) is 0 Å². The van der Waals surface area contributed by atoms with Crippen molar-refractivity contribution in [2.75, 3.05) is 0 Å². The molecule has 0 aliphatic heterocycles. The third kappa shape index (κ3) is 2.07. The van der Waals surface area contributed by atoms with Gasteiger partial charge in [-0.25, -0.2) is 4.39 Å². The van der Waals surface area contributed by atoms with Crippen LogP contribution in [0.25, 0.3) is 0 Å². The third-order valence-corrected chi connectivity index (χ3v) is 2.73. The van der Waals surface area contributed by atoms with Crippen LogP contribution in [0.4, 0.5) is 4.39 Å². The van der Waals surface area contributed by atoms with Crippen LogP contribution in [-0.2, 0) is 0 Å². The van der Waals surface area contributed by atoms with Crippen molar-refractivity contribution >= 4 is 0 Å². The first-order valence-electron chi connectivity index (χ1n) is 5.41. The van der Waals surface area contributed by atoms with Crippen LogP contribution in [0, 0.1) is 28.5 Å². The van der Waals surface area contributed by atoms with Crippen molar-refractivity contribution in [3.8, 4) is 12.1 Å². The molecule has 0 spiro atoms. The SMILES string of the molecule is N#Cc1c(F)cccc1[C@H](C#N)c1ccccc1. The predicted molar refractivity (Wildman–Crippen MR) is 65.0 cm³/mol. The number of nitriles is 2. The molecule has 0 unspecified atom stereocenters. The largest absolute Gasteiger partial charge is 0.206 e. The van der Waals surface area contributed by atoms with Gasteiger partial charge >= 0.3 is 0 Å². The normalized spacial score (nSPS) is 11.3. The lowest BCUT2D eigenvalue weighted by atomic mass is 9.89. The number of hydrogen-bond acceptors (Lipinski definition) is 2. The summed E-state index contributed by atoms with van der Waals surface area (Å²) in [6.07, 6.45) is 0. The smallest absolute Gasteiger partial charge is 0.141 e. The summed E-state index contributed by atoms with van der Waals surface area (Å²) in [5.41, 5.74) is 1.10. The van der Waals surface area contributed by atoms with Gasteiger partial charge in [-0.2, -0.15) is 10.5 Å². The van der Waals surface area contributed by atoms with E-state index in [-0.39, 0.29) is 5.56 Å². The second-order valence-electron chi connectivity index (χ2n) is 3.79. The molecule has 0 aromatic heterocycles. The Kier molecular flexibility index (Phi) is 3.36. The Morgan fingerprint density at radius 2 is 1.67 bits per heavy atom. The van der Waals surface area contributed by atoms with Gasteiger partial charge in [0, 0.05) is 0 Å². The van der Waals surface area contributed by atoms with E-state index in [2.05, 4.69) is 6.07 Å². The highest BCUT2D eigenvalue weighted by Crippen LogP contribution is 2.27. The first-order chi connectivity index (χ1) is 8.77. The molecule has 2 aromatic rings. The molecule has 2 aromatic carbocycles. The lowest BCUT2D eigenvalue weighted by Gasteiger charge is -2.11. The van der Waals surface area contributed by atoms with E-state index < -0.39 is 11.7 Å². The maximum atomic E-state index is 13.5. The van der Waals surface area contributed by atoms with E-state index in [1.54, 1.807) is 18.2 Å². The average molecular weight is 236 g/mol. The maximum absolute atomic E-state index is 13.5. The van der Waals surface area contributed by atoms with E-state index >= 15 is 0 Å². The summed E-state index contributed by atoms with van der Waals surface area (Å²) >= 11 is 0. The van der Waals surface area contributed by atoms with Crippen LogP contribution in [0.3, 0.4) is 0 Å². The van der Waals surface area contributed by atoms with Crippen LogP contribution in [0.2, 0.25) is 0 Å². The second-order valence-corrected chi connectivity index (χ2v) is 3.79. The summed E-state index contributed by atoms with van der Waals surface area (Å²) in [4.78, 5) is 0. The van der Waals surface area contributed by atoms with Crippen molar-refractivity contribution in [3.63, 3.8) is 0 Å². The fourth-order valence-electron chi connectivity index (χ4n) is 1.87. The average Bonchev–Trinajstić information content (AvgIpc) is 2.41. The molecular formula is C15H9FN2. The Morgan fingerprint density at radius 3 is 2.28 bits per heavy atom. The quantitative estimate of drug-likeness (QED) is 0.802. The second kappa shape index (κ2) is 5.12. The van der Waals surface area contributed by atoms with E-state index in [0.717, 1.165) is 5.56 Å². The third-order valence-electron chi connectivity index (χ3n) is 2.73. The number of nitrogens with zero attached hydrogens (tertiary/aromatic N) is 2. The Morgan fingerprint density at radius 1 is 0.944 bits per heavy atom. The standard InChI is InChI=1S/C15H9FN2/c16-15-8-4-7-12(14(15)10-18)13(9-17)11-5-2-1-3-6-11/h1-8,13H/t13-/m1/s1. The van der Waals surface area contributed by atoms with Crippen molar-refractivity contribution in [2.24, 2.45) is 0 Å². The molecular weight excluding hydrogens is 227 g/mol. The van der Waals surface area contributed by atoms with Crippen LogP contribution in [0.5, 0.6) is 0 Å². The van der Waals surface area contributed by atoms with Gasteiger partial charge in [-0.1, -0.05) is 42.5 Å². The van der Waals surface area contributed by atoms with E-state index in [9.17, 15) is 9.65 Å². The van der Waals surface area contributed by atoms with Gasteiger partial charge in [-0.3, -0.25) is 0 Å². The fraction of sp³-hybridized carbons (Fsp3) is 0.0667. The molecule has 0 heterocycles. The van der Waals surface area contributed by atoms with Gasteiger partial charge in [0.1, 0.15) is 11.9 Å². The van der Waals surface area contributed by atoms with Gasteiger partial charge in [-0.05, 0) is 17.2 Å². The zero-order valence-corrected chi connectivity index (χ0v) is 9.47. The molecule has 0 amide bonds. The monoisotopic (exact) mass is 236 g/mol. The van der Waals surface area contributed by atoms with E-state index in [0.29, 0.717) is 5.56 Å². The summed E-state index contributed by atoms with van der Waals surface area (Å²) in [6, 6.07) is 17.3. The summed E-state index contributed by atoms with van der Waals surface area (Å²) in [7, 11) is 0. The van der Waals surface area contributed by atoms with Crippen molar-refractivity contribution in [1.82, 2.24) is 0 Å². The molecule has 2 nitrogen and oxygen atoms in total. The molecule has 0 aliphatic carbocycles. The summed E-state index contributed by atoms with van der Waals surface area (Å²) in [6.45, 7) is 0. The predicted octanol–water partition coefficient (Wildman–Crippen LogP) is 3.35. The molecule has 1 atom stereocenters. The molecule has 3 heteroatoms. The van der Waals surface area contributed by atoms with E-state index in [1.807, 2.05) is 24.3 Å². The highest BCUT2D eigenvalue weighted by atomic mass is 19.1. The summed E-state index contributed by atoms with van der Waals surface area (Å²) < 4.78 is 13.5. The highest BCUT2D eigenvalue weighted by Gasteiger charge is 2.19. The molecule has 0 radical (unpaired) electrons. The minimum absolute atomic E-state index is 0.0621. The molecule has 0 fully saturated rings. The zero-order chi connectivity index (χ0) is 13.0. The lowest BCUT2D eigenvalue weighted by molar-refractivity contribution is 0.621. The van der Waals surface area contributed by atoms with Gasteiger partial charge in [0.2, 0.25) is 0 Å². The lowest BCUT2D eigenvalue weighted by Crippen LogP contribution is -2.02. The van der Waals surface area contributed by atoms with Gasteiger partial charge in [-0.15, -0.1) is 0 Å². The molecule has 18 heavy (non-hydrogen) atoms. The Labute approximate surface area is 105 Å². The topological polar surface area (TPSA) is 47.6 Å². The minimum atomic E-state index is -0.628. The van der Waals surface area contributed by atoms with Crippen LogP contribution >= 0.6 is 0 Å². The Bertz CT molecular complexity index is 636. The molecule has 0 bridgehead atoms. The van der Waals surface area contributed by atoms with Crippen molar-refractivity contribution in [3.05, 3.63) is 71.0 Å². The summed E-state index contributed by atoms with van der Waals surface area (Å²) in [5.74, 6) is -1.22. The Hall–Kier alpha value is -2.65. The fourth-order valence-corrected chi connectivity index (χ4v) is 1.87. The van der Waals surface area contributed by atoms with Crippen LogP contribution in [0.15, 0.2) is 48.5 Å². The molecule has 0 aliphatic rings. The molecule has 86 valence electrons. The van der Waals surface area contributed by atoms with Gasteiger partial charge < -0.3 is 0 Å². The van der Waals surface area contributed by atoms with Gasteiger partial charge in [0.05, 0.1) is 17.6 Å².